The fourth-order valence-corrected chi connectivity index (χ4v) is 5.13. The molecule has 3 aromatic carbocycles. The minimum absolute atomic E-state index is 0.0868. The van der Waals surface area contributed by atoms with E-state index in [9.17, 15) is 17.6 Å². The molecule has 0 spiro atoms. The summed E-state index contributed by atoms with van der Waals surface area (Å²) < 4.78 is 43.8. The monoisotopic (exact) mass is 503 g/mol. The average Bonchev–Trinajstić information content (AvgIpc) is 3.27. The second-order valence-corrected chi connectivity index (χ2v) is 10.3. The van der Waals surface area contributed by atoms with Crippen molar-refractivity contribution in [3.8, 4) is 10.9 Å². The lowest BCUT2D eigenvalue weighted by Gasteiger charge is -2.06. The molecular formula is C22H15ClFN3O4S2. The van der Waals surface area contributed by atoms with Crippen molar-refractivity contribution in [1.29, 1.82) is 0 Å². The third kappa shape index (κ3) is 5.92. The van der Waals surface area contributed by atoms with E-state index < -0.39 is 21.6 Å². The summed E-state index contributed by atoms with van der Waals surface area (Å²) in [6.07, 6.45) is 0. The number of nitrogens with one attached hydrogen (secondary N) is 1. The van der Waals surface area contributed by atoms with Crippen molar-refractivity contribution < 1.29 is 22.3 Å². The maximum Gasteiger partial charge on any atom is 0.300 e. The van der Waals surface area contributed by atoms with Crippen LogP contribution in [0.15, 0.2) is 77.1 Å². The van der Waals surface area contributed by atoms with Crippen molar-refractivity contribution in [2.45, 2.75) is 10.1 Å². The molecule has 33 heavy (non-hydrogen) atoms. The Morgan fingerprint density at radius 3 is 2.30 bits per heavy atom. The van der Waals surface area contributed by atoms with Crippen molar-refractivity contribution in [2.24, 2.45) is 0 Å². The lowest BCUT2D eigenvalue weighted by Crippen LogP contribution is -2.12. The number of anilines is 1. The van der Waals surface area contributed by atoms with Gasteiger partial charge in [0, 0.05) is 16.3 Å². The molecule has 0 radical (unpaired) electrons. The Hall–Kier alpha value is -3.34. The van der Waals surface area contributed by atoms with E-state index in [1.807, 2.05) is 0 Å². The second-order valence-electron chi connectivity index (χ2n) is 6.81. The maximum atomic E-state index is 13.0. The van der Waals surface area contributed by atoms with Crippen LogP contribution in [0.5, 0.6) is 10.9 Å². The lowest BCUT2D eigenvalue weighted by atomic mass is 10.1. The van der Waals surface area contributed by atoms with Gasteiger partial charge >= 0.3 is 5.19 Å². The van der Waals surface area contributed by atoms with Crippen LogP contribution < -0.4 is 10.1 Å². The summed E-state index contributed by atoms with van der Waals surface area (Å²) >= 11 is 6.64. The van der Waals surface area contributed by atoms with Crippen LogP contribution in [0, 0.1) is 5.82 Å². The first-order valence-corrected chi connectivity index (χ1v) is 12.3. The molecule has 0 aliphatic heterocycles. The van der Waals surface area contributed by atoms with Gasteiger partial charge in [-0.25, -0.2) is 12.8 Å². The minimum Gasteiger partial charge on any atom is -0.430 e. The molecule has 0 unspecified atom stereocenters. The standard InChI is InChI=1S/C22H15ClFN3O4S2/c23-16-5-11-19(12-6-16)31-21-26-27-22(32-21)33(29,30)13-14-1-3-15(4-2-14)20(28)25-18-9-7-17(24)8-10-18/h1-12H,13H2,(H,25,28). The Balaban J connectivity index is 1.40. The second kappa shape index (κ2) is 9.65. The fraction of sp³-hybridized carbons (Fsp3) is 0.0455. The molecule has 0 fully saturated rings. The van der Waals surface area contributed by atoms with E-state index in [1.165, 1.54) is 36.4 Å². The van der Waals surface area contributed by atoms with Crippen LogP contribution in [0.1, 0.15) is 15.9 Å². The molecule has 0 bridgehead atoms. The number of carbonyl (C=O) groups is 1. The summed E-state index contributed by atoms with van der Waals surface area (Å²) in [5.74, 6) is -0.668. The number of benzene rings is 3. The van der Waals surface area contributed by atoms with Crippen molar-refractivity contribution in [3.05, 3.63) is 94.8 Å². The summed E-state index contributed by atoms with van der Waals surface area (Å²) in [5.41, 5.74) is 1.25. The minimum atomic E-state index is -3.77. The van der Waals surface area contributed by atoms with Gasteiger partial charge in [0.2, 0.25) is 14.2 Å². The van der Waals surface area contributed by atoms with Gasteiger partial charge in [-0.05, 0) is 77.6 Å². The molecule has 0 atom stereocenters. The van der Waals surface area contributed by atoms with Crippen molar-refractivity contribution in [2.75, 3.05) is 5.32 Å². The predicted molar refractivity (Wildman–Crippen MR) is 123 cm³/mol. The molecule has 0 aliphatic rings. The fourth-order valence-electron chi connectivity index (χ4n) is 2.74. The Morgan fingerprint density at radius 1 is 0.970 bits per heavy atom. The summed E-state index contributed by atoms with van der Waals surface area (Å²) in [7, 11) is -3.77. The summed E-state index contributed by atoms with van der Waals surface area (Å²) in [4.78, 5) is 12.3. The molecular weight excluding hydrogens is 489 g/mol. The molecule has 0 aliphatic carbocycles. The predicted octanol–water partition coefficient (Wildman–Crippen LogP) is 5.35. The zero-order chi connectivity index (χ0) is 23.4. The van der Waals surface area contributed by atoms with Gasteiger partial charge in [-0.3, -0.25) is 4.79 Å². The van der Waals surface area contributed by atoms with E-state index in [-0.39, 0.29) is 15.3 Å². The number of sulfone groups is 1. The highest BCUT2D eigenvalue weighted by Gasteiger charge is 2.22. The van der Waals surface area contributed by atoms with Gasteiger partial charge < -0.3 is 10.1 Å². The van der Waals surface area contributed by atoms with Crippen LogP contribution in [-0.4, -0.2) is 24.5 Å². The van der Waals surface area contributed by atoms with Crippen LogP contribution in [0.3, 0.4) is 0 Å². The van der Waals surface area contributed by atoms with Gasteiger partial charge in [-0.1, -0.05) is 28.8 Å². The molecule has 1 heterocycles. The lowest BCUT2D eigenvalue weighted by molar-refractivity contribution is 0.102. The molecule has 0 saturated carbocycles. The van der Waals surface area contributed by atoms with E-state index in [1.54, 1.807) is 36.4 Å². The Morgan fingerprint density at radius 2 is 1.64 bits per heavy atom. The molecule has 1 N–H and O–H groups in total. The zero-order valence-electron chi connectivity index (χ0n) is 16.7. The molecule has 7 nitrogen and oxygen atoms in total. The van der Waals surface area contributed by atoms with Gasteiger partial charge in [0.05, 0.1) is 5.75 Å². The third-order valence-electron chi connectivity index (χ3n) is 4.35. The first kappa shape index (κ1) is 22.8. The summed E-state index contributed by atoms with van der Waals surface area (Å²) in [6.45, 7) is 0. The highest BCUT2D eigenvalue weighted by Crippen LogP contribution is 2.29. The van der Waals surface area contributed by atoms with E-state index in [0.29, 0.717) is 27.6 Å². The van der Waals surface area contributed by atoms with Crippen LogP contribution in [0.4, 0.5) is 10.1 Å². The van der Waals surface area contributed by atoms with E-state index in [2.05, 4.69) is 15.5 Å². The number of halogens is 2. The molecule has 0 saturated heterocycles. The van der Waals surface area contributed by atoms with Crippen molar-refractivity contribution >= 4 is 44.4 Å². The molecule has 11 heteroatoms. The number of carbonyl (C=O) groups excluding carboxylic acids is 1. The molecule has 168 valence electrons. The number of amides is 1. The normalized spacial score (nSPS) is 11.2. The van der Waals surface area contributed by atoms with Crippen LogP contribution in [0.25, 0.3) is 0 Å². The van der Waals surface area contributed by atoms with E-state index in [4.69, 9.17) is 16.3 Å². The molecule has 4 rings (SSSR count). The number of hydrogen-bond acceptors (Lipinski definition) is 7. The van der Waals surface area contributed by atoms with E-state index in [0.717, 1.165) is 11.3 Å². The largest absolute Gasteiger partial charge is 0.430 e. The number of rotatable bonds is 7. The number of hydrogen-bond donors (Lipinski definition) is 1. The van der Waals surface area contributed by atoms with Gasteiger partial charge in [0.15, 0.2) is 0 Å². The number of ether oxygens (including phenoxy) is 1. The quantitative estimate of drug-likeness (QED) is 0.365. The third-order valence-corrected chi connectivity index (χ3v) is 7.53. The highest BCUT2D eigenvalue weighted by molar-refractivity contribution is 7.92. The average molecular weight is 504 g/mol. The van der Waals surface area contributed by atoms with Gasteiger partial charge in [0.25, 0.3) is 5.91 Å². The number of nitrogens with zero attached hydrogens (tertiary/aromatic N) is 2. The highest BCUT2D eigenvalue weighted by atomic mass is 35.5. The summed E-state index contributed by atoms with van der Waals surface area (Å²) in [6, 6.07) is 18.0. The zero-order valence-corrected chi connectivity index (χ0v) is 19.1. The first-order valence-electron chi connectivity index (χ1n) is 9.44. The van der Waals surface area contributed by atoms with Crippen molar-refractivity contribution in [3.63, 3.8) is 0 Å². The van der Waals surface area contributed by atoms with Crippen LogP contribution in [-0.2, 0) is 15.6 Å². The smallest absolute Gasteiger partial charge is 0.300 e. The Kier molecular flexibility index (Phi) is 6.68. The topological polar surface area (TPSA) is 98.2 Å². The Labute approximate surface area is 197 Å². The van der Waals surface area contributed by atoms with Gasteiger partial charge in [-0.15, -0.1) is 5.10 Å². The first-order chi connectivity index (χ1) is 15.8. The molecule has 4 aromatic rings. The van der Waals surface area contributed by atoms with E-state index >= 15 is 0 Å². The SMILES string of the molecule is O=C(Nc1ccc(F)cc1)c1ccc(CS(=O)(=O)c2nnc(Oc3ccc(Cl)cc3)s2)cc1. The molecule has 1 aromatic heterocycles. The summed E-state index contributed by atoms with van der Waals surface area (Å²) in [5, 5.41) is 10.8. The molecule has 1 amide bonds. The Bertz CT molecular complexity index is 1370. The maximum absolute atomic E-state index is 13.0. The van der Waals surface area contributed by atoms with Crippen LogP contribution >= 0.6 is 22.9 Å². The number of aromatic nitrogens is 2. The van der Waals surface area contributed by atoms with Crippen molar-refractivity contribution in [1.82, 2.24) is 10.2 Å². The van der Waals surface area contributed by atoms with Gasteiger partial charge in [0.1, 0.15) is 11.6 Å². The van der Waals surface area contributed by atoms with Gasteiger partial charge in [-0.2, -0.15) is 0 Å². The van der Waals surface area contributed by atoms with Crippen LogP contribution in [0.2, 0.25) is 5.02 Å².